The molecule has 1 aliphatic heterocycles. The third kappa shape index (κ3) is 3.45. The number of halogens is 2. The van der Waals surface area contributed by atoms with Crippen LogP contribution in [0.15, 0.2) is 24.3 Å². The van der Waals surface area contributed by atoms with Crippen molar-refractivity contribution in [2.45, 2.75) is 12.8 Å². The molecular weight excluding hydrogens is 275 g/mol. The molecule has 1 aromatic carbocycles. The van der Waals surface area contributed by atoms with Crippen LogP contribution in [0.25, 0.3) is 0 Å². The van der Waals surface area contributed by atoms with E-state index >= 15 is 0 Å². The normalized spacial score (nSPS) is 24.0. The quantitative estimate of drug-likeness (QED) is 0.799. The molecule has 1 heterocycles. The highest BCUT2D eigenvalue weighted by Gasteiger charge is 2.33. The third-order valence-corrected chi connectivity index (χ3v) is 5.71. The molecule has 0 N–H and O–H groups in total. The number of rotatable bonds is 4. The highest BCUT2D eigenvalue weighted by Crippen LogP contribution is 2.29. The predicted molar refractivity (Wildman–Crippen MR) is 71.1 cm³/mol. The van der Waals surface area contributed by atoms with Gasteiger partial charge in [-0.2, -0.15) is 0 Å². The van der Waals surface area contributed by atoms with E-state index in [-0.39, 0.29) is 29.2 Å². The van der Waals surface area contributed by atoms with Crippen molar-refractivity contribution in [2.75, 3.05) is 17.4 Å². The number of hydrogen-bond donors (Lipinski definition) is 0. The molecule has 0 radical (unpaired) electrons. The molecule has 5 heteroatoms. The summed E-state index contributed by atoms with van der Waals surface area (Å²) in [5, 5.41) is 0. The summed E-state index contributed by atoms with van der Waals surface area (Å²) < 4.78 is 36.0. The maximum Gasteiger partial charge on any atom is 0.150 e. The minimum Gasteiger partial charge on any atom is -0.229 e. The van der Waals surface area contributed by atoms with E-state index < -0.39 is 9.84 Å². The van der Waals surface area contributed by atoms with Crippen LogP contribution < -0.4 is 0 Å². The standard InChI is InChI=1S/C13H16ClFO2S/c14-8-12(11-4-5-18(16,17)9-11)6-10-2-1-3-13(15)7-10/h1-3,7,11-12H,4-6,8-9H2. The van der Waals surface area contributed by atoms with Crippen LogP contribution in [0.1, 0.15) is 12.0 Å². The summed E-state index contributed by atoms with van der Waals surface area (Å²) in [6.07, 6.45) is 1.32. The fraction of sp³-hybridized carbons (Fsp3) is 0.538. The van der Waals surface area contributed by atoms with E-state index in [4.69, 9.17) is 11.6 Å². The second-order valence-corrected chi connectivity index (χ2v) is 7.45. The number of benzene rings is 1. The zero-order valence-corrected chi connectivity index (χ0v) is 11.6. The van der Waals surface area contributed by atoms with Crippen LogP contribution in [-0.4, -0.2) is 25.8 Å². The van der Waals surface area contributed by atoms with Gasteiger partial charge < -0.3 is 0 Å². The summed E-state index contributed by atoms with van der Waals surface area (Å²) in [5.74, 6) is 0.839. The Morgan fingerprint density at radius 1 is 1.44 bits per heavy atom. The molecule has 2 atom stereocenters. The molecule has 2 rings (SSSR count). The fourth-order valence-electron chi connectivity index (χ4n) is 2.51. The van der Waals surface area contributed by atoms with Crippen molar-refractivity contribution in [1.29, 1.82) is 0 Å². The summed E-state index contributed by atoms with van der Waals surface area (Å²) in [6.45, 7) is 0. The van der Waals surface area contributed by atoms with Gasteiger partial charge in [-0.3, -0.25) is 0 Å². The van der Waals surface area contributed by atoms with Crippen LogP contribution in [0.5, 0.6) is 0 Å². The number of sulfone groups is 1. The van der Waals surface area contributed by atoms with Gasteiger partial charge in [-0.1, -0.05) is 12.1 Å². The smallest absolute Gasteiger partial charge is 0.150 e. The average molecular weight is 291 g/mol. The molecule has 1 aromatic rings. The van der Waals surface area contributed by atoms with Crippen LogP contribution in [0, 0.1) is 17.7 Å². The Kier molecular flexibility index (Phi) is 4.28. The lowest BCUT2D eigenvalue weighted by molar-refractivity contribution is 0.397. The lowest BCUT2D eigenvalue weighted by Crippen LogP contribution is -2.20. The Balaban J connectivity index is 2.06. The minimum absolute atomic E-state index is 0.103. The van der Waals surface area contributed by atoms with E-state index in [2.05, 4.69) is 0 Å². The Labute approximate surface area is 112 Å². The van der Waals surface area contributed by atoms with E-state index in [0.29, 0.717) is 18.7 Å². The third-order valence-electron chi connectivity index (χ3n) is 3.52. The van der Waals surface area contributed by atoms with Crippen LogP contribution >= 0.6 is 11.6 Å². The lowest BCUT2D eigenvalue weighted by Gasteiger charge is -2.20. The van der Waals surface area contributed by atoms with E-state index in [1.165, 1.54) is 12.1 Å². The molecule has 1 saturated heterocycles. The molecule has 1 fully saturated rings. The topological polar surface area (TPSA) is 34.1 Å². The van der Waals surface area contributed by atoms with Crippen molar-refractivity contribution in [3.63, 3.8) is 0 Å². The Hall–Kier alpha value is -0.610. The second-order valence-electron chi connectivity index (χ2n) is 4.91. The first kappa shape index (κ1) is 13.8. The maximum atomic E-state index is 13.1. The van der Waals surface area contributed by atoms with Gasteiger partial charge in [-0.05, 0) is 42.4 Å². The summed E-state index contributed by atoms with van der Waals surface area (Å²) in [4.78, 5) is 0. The van der Waals surface area contributed by atoms with Crippen LogP contribution in [0.4, 0.5) is 4.39 Å². The maximum absolute atomic E-state index is 13.1. The van der Waals surface area contributed by atoms with Gasteiger partial charge in [0.25, 0.3) is 0 Å². The minimum atomic E-state index is -2.88. The Bertz CT molecular complexity index is 515. The molecule has 18 heavy (non-hydrogen) atoms. The Morgan fingerprint density at radius 2 is 2.22 bits per heavy atom. The van der Waals surface area contributed by atoms with Gasteiger partial charge in [0.2, 0.25) is 0 Å². The first-order valence-electron chi connectivity index (χ1n) is 6.01. The molecule has 0 aliphatic carbocycles. The first-order valence-corrected chi connectivity index (χ1v) is 8.36. The molecular formula is C13H16ClFO2S. The molecule has 0 saturated carbocycles. The number of alkyl halides is 1. The molecule has 0 bridgehead atoms. The fourth-order valence-corrected chi connectivity index (χ4v) is 4.79. The van der Waals surface area contributed by atoms with Crippen molar-refractivity contribution in [1.82, 2.24) is 0 Å². The summed E-state index contributed by atoms with van der Waals surface area (Å²) in [6, 6.07) is 6.41. The lowest BCUT2D eigenvalue weighted by atomic mass is 9.88. The molecule has 2 unspecified atom stereocenters. The van der Waals surface area contributed by atoms with E-state index in [9.17, 15) is 12.8 Å². The molecule has 0 amide bonds. The summed E-state index contributed by atoms with van der Waals surface area (Å²) >= 11 is 5.94. The van der Waals surface area contributed by atoms with E-state index in [1.807, 2.05) is 6.07 Å². The van der Waals surface area contributed by atoms with Crippen LogP contribution in [-0.2, 0) is 16.3 Å². The van der Waals surface area contributed by atoms with Gasteiger partial charge in [0.1, 0.15) is 5.82 Å². The summed E-state index contributed by atoms with van der Waals surface area (Å²) in [7, 11) is -2.88. The van der Waals surface area contributed by atoms with Crippen molar-refractivity contribution >= 4 is 21.4 Å². The molecule has 100 valence electrons. The van der Waals surface area contributed by atoms with Crippen molar-refractivity contribution in [3.8, 4) is 0 Å². The van der Waals surface area contributed by atoms with Gasteiger partial charge in [-0.15, -0.1) is 11.6 Å². The van der Waals surface area contributed by atoms with Gasteiger partial charge in [0, 0.05) is 5.88 Å². The van der Waals surface area contributed by atoms with Gasteiger partial charge in [-0.25, -0.2) is 12.8 Å². The van der Waals surface area contributed by atoms with E-state index in [0.717, 1.165) is 5.56 Å². The van der Waals surface area contributed by atoms with Gasteiger partial charge in [0.05, 0.1) is 11.5 Å². The average Bonchev–Trinajstić information content (AvgIpc) is 2.66. The number of hydrogen-bond acceptors (Lipinski definition) is 2. The van der Waals surface area contributed by atoms with Crippen molar-refractivity contribution in [2.24, 2.45) is 11.8 Å². The molecule has 0 aromatic heterocycles. The predicted octanol–water partition coefficient (Wildman–Crippen LogP) is 2.66. The van der Waals surface area contributed by atoms with Crippen LogP contribution in [0.2, 0.25) is 0 Å². The molecule has 2 nitrogen and oxygen atoms in total. The zero-order valence-electron chi connectivity index (χ0n) is 9.98. The van der Waals surface area contributed by atoms with Crippen LogP contribution in [0.3, 0.4) is 0 Å². The highest BCUT2D eigenvalue weighted by molar-refractivity contribution is 7.91. The Morgan fingerprint density at radius 3 is 2.78 bits per heavy atom. The van der Waals surface area contributed by atoms with E-state index in [1.54, 1.807) is 6.07 Å². The monoisotopic (exact) mass is 290 g/mol. The van der Waals surface area contributed by atoms with Crippen molar-refractivity contribution in [3.05, 3.63) is 35.6 Å². The summed E-state index contributed by atoms with van der Waals surface area (Å²) in [5.41, 5.74) is 0.880. The molecule has 1 aliphatic rings. The zero-order chi connectivity index (χ0) is 13.2. The van der Waals surface area contributed by atoms with Gasteiger partial charge in [0.15, 0.2) is 9.84 Å². The highest BCUT2D eigenvalue weighted by atomic mass is 35.5. The second kappa shape index (κ2) is 5.57. The first-order chi connectivity index (χ1) is 8.50. The molecule has 0 spiro atoms. The SMILES string of the molecule is O=S1(=O)CCC(C(CCl)Cc2cccc(F)c2)C1. The van der Waals surface area contributed by atoms with Crippen molar-refractivity contribution < 1.29 is 12.8 Å². The van der Waals surface area contributed by atoms with Gasteiger partial charge >= 0.3 is 0 Å². The largest absolute Gasteiger partial charge is 0.229 e.